The molecule has 21 heavy (non-hydrogen) atoms. The number of carbonyl (C=O) groups is 2. The Labute approximate surface area is 122 Å². The fraction of sp³-hybridized carbons (Fsp3) is 0.333. The van der Waals surface area contributed by atoms with Crippen LogP contribution in [0.5, 0.6) is 0 Å². The van der Waals surface area contributed by atoms with Gasteiger partial charge in [0, 0.05) is 6.42 Å². The summed E-state index contributed by atoms with van der Waals surface area (Å²) in [7, 11) is 0. The SMILES string of the molecule is CC(c1ncn[nH]1)N1C(=O)CC(C)(c2ccccc2)C1=O. The van der Waals surface area contributed by atoms with E-state index in [4.69, 9.17) is 0 Å². The van der Waals surface area contributed by atoms with Crippen LogP contribution >= 0.6 is 0 Å². The summed E-state index contributed by atoms with van der Waals surface area (Å²) < 4.78 is 0. The number of carbonyl (C=O) groups excluding carboxylic acids is 2. The first-order valence-corrected chi connectivity index (χ1v) is 6.81. The first kappa shape index (κ1) is 13.5. The number of nitrogens with zero attached hydrogens (tertiary/aromatic N) is 3. The van der Waals surface area contributed by atoms with Crippen LogP contribution in [-0.4, -0.2) is 31.9 Å². The monoisotopic (exact) mass is 284 g/mol. The van der Waals surface area contributed by atoms with Crippen LogP contribution in [0.15, 0.2) is 36.7 Å². The summed E-state index contributed by atoms with van der Waals surface area (Å²) in [5.41, 5.74) is 0.0442. The Kier molecular flexibility index (Phi) is 3.08. The number of nitrogens with one attached hydrogen (secondary N) is 1. The zero-order valence-electron chi connectivity index (χ0n) is 11.9. The number of aromatic amines is 1. The molecule has 1 saturated heterocycles. The molecule has 0 saturated carbocycles. The van der Waals surface area contributed by atoms with E-state index in [0.717, 1.165) is 5.56 Å². The van der Waals surface area contributed by atoms with E-state index in [0.29, 0.717) is 5.82 Å². The number of hydrogen-bond donors (Lipinski definition) is 1. The molecule has 0 aliphatic carbocycles. The lowest BCUT2D eigenvalue weighted by Crippen LogP contribution is -2.38. The minimum absolute atomic E-state index is 0.175. The Bertz CT molecular complexity index is 668. The van der Waals surface area contributed by atoms with Crippen LogP contribution in [0.25, 0.3) is 0 Å². The molecule has 2 aromatic rings. The van der Waals surface area contributed by atoms with E-state index in [-0.39, 0.29) is 18.2 Å². The van der Waals surface area contributed by atoms with Gasteiger partial charge in [-0.25, -0.2) is 4.98 Å². The van der Waals surface area contributed by atoms with Gasteiger partial charge >= 0.3 is 0 Å². The molecule has 1 fully saturated rings. The van der Waals surface area contributed by atoms with Gasteiger partial charge in [-0.05, 0) is 19.4 Å². The third kappa shape index (κ3) is 2.03. The first-order chi connectivity index (χ1) is 10.0. The second-order valence-corrected chi connectivity index (χ2v) is 5.49. The van der Waals surface area contributed by atoms with Crippen LogP contribution in [-0.2, 0) is 15.0 Å². The van der Waals surface area contributed by atoms with Crippen molar-refractivity contribution in [3.05, 3.63) is 48.0 Å². The Hall–Kier alpha value is -2.50. The van der Waals surface area contributed by atoms with E-state index in [1.165, 1.54) is 11.2 Å². The number of H-pyrrole nitrogens is 1. The largest absolute Gasteiger partial charge is 0.274 e. The molecule has 1 aliphatic rings. The molecule has 3 rings (SSSR count). The summed E-state index contributed by atoms with van der Waals surface area (Å²) in [6.45, 7) is 3.59. The van der Waals surface area contributed by atoms with Gasteiger partial charge in [-0.15, -0.1) is 0 Å². The van der Waals surface area contributed by atoms with E-state index >= 15 is 0 Å². The zero-order chi connectivity index (χ0) is 15.0. The molecule has 108 valence electrons. The molecule has 1 aliphatic heterocycles. The van der Waals surface area contributed by atoms with Crippen LogP contribution < -0.4 is 0 Å². The molecule has 0 radical (unpaired) electrons. The van der Waals surface area contributed by atoms with Crippen LogP contribution in [0.1, 0.15) is 37.7 Å². The Morgan fingerprint density at radius 3 is 2.62 bits per heavy atom. The maximum Gasteiger partial charge on any atom is 0.240 e. The fourth-order valence-electron chi connectivity index (χ4n) is 2.80. The van der Waals surface area contributed by atoms with Crippen LogP contribution in [0.4, 0.5) is 0 Å². The first-order valence-electron chi connectivity index (χ1n) is 6.81. The van der Waals surface area contributed by atoms with E-state index in [1.54, 1.807) is 6.92 Å². The van der Waals surface area contributed by atoms with Crippen molar-refractivity contribution in [1.82, 2.24) is 20.1 Å². The average molecular weight is 284 g/mol. The molecule has 1 N–H and O–H groups in total. The molecule has 2 heterocycles. The highest BCUT2D eigenvalue weighted by atomic mass is 16.2. The van der Waals surface area contributed by atoms with Gasteiger partial charge in [-0.1, -0.05) is 30.3 Å². The van der Waals surface area contributed by atoms with Crippen molar-refractivity contribution in [2.24, 2.45) is 0 Å². The van der Waals surface area contributed by atoms with Crippen molar-refractivity contribution in [1.29, 1.82) is 0 Å². The number of amides is 2. The zero-order valence-corrected chi connectivity index (χ0v) is 11.9. The van der Waals surface area contributed by atoms with Gasteiger partial charge in [0.1, 0.15) is 12.2 Å². The molecule has 6 nitrogen and oxygen atoms in total. The van der Waals surface area contributed by atoms with Gasteiger partial charge < -0.3 is 0 Å². The summed E-state index contributed by atoms with van der Waals surface area (Å²) in [5.74, 6) is 0.131. The normalized spacial score (nSPS) is 23.6. The van der Waals surface area contributed by atoms with E-state index in [1.807, 2.05) is 37.3 Å². The van der Waals surface area contributed by atoms with Gasteiger partial charge in [-0.2, -0.15) is 5.10 Å². The predicted molar refractivity (Wildman–Crippen MR) is 75.1 cm³/mol. The van der Waals surface area contributed by atoms with E-state index < -0.39 is 11.5 Å². The number of aromatic nitrogens is 3. The highest BCUT2D eigenvalue weighted by molar-refractivity contribution is 6.09. The lowest BCUT2D eigenvalue weighted by Gasteiger charge is -2.25. The second-order valence-electron chi connectivity index (χ2n) is 5.49. The molecular weight excluding hydrogens is 268 g/mol. The number of hydrogen-bond acceptors (Lipinski definition) is 4. The van der Waals surface area contributed by atoms with E-state index in [9.17, 15) is 9.59 Å². The summed E-state index contributed by atoms with van der Waals surface area (Å²) in [6.07, 6.45) is 1.54. The van der Waals surface area contributed by atoms with Crippen molar-refractivity contribution in [2.75, 3.05) is 0 Å². The highest BCUT2D eigenvalue weighted by Crippen LogP contribution is 2.39. The summed E-state index contributed by atoms with van der Waals surface area (Å²) in [5, 5.41) is 6.49. The molecule has 0 bridgehead atoms. The highest BCUT2D eigenvalue weighted by Gasteiger charge is 2.51. The van der Waals surface area contributed by atoms with Crippen molar-refractivity contribution in [2.45, 2.75) is 31.7 Å². The molecule has 2 amide bonds. The Balaban J connectivity index is 1.96. The molecule has 1 aromatic heterocycles. The van der Waals surface area contributed by atoms with Crippen molar-refractivity contribution in [3.63, 3.8) is 0 Å². The minimum atomic E-state index is -0.813. The van der Waals surface area contributed by atoms with Crippen molar-refractivity contribution < 1.29 is 9.59 Å². The smallest absolute Gasteiger partial charge is 0.240 e. The van der Waals surface area contributed by atoms with Gasteiger partial charge in [0.25, 0.3) is 0 Å². The summed E-state index contributed by atoms with van der Waals surface area (Å²) in [4.78, 5) is 30.5. The maximum absolute atomic E-state index is 12.8. The number of likely N-dealkylation sites (tertiary alicyclic amines) is 1. The van der Waals surface area contributed by atoms with E-state index in [2.05, 4.69) is 15.2 Å². The standard InChI is InChI=1S/C15H16N4O2/c1-10(13-16-9-17-18-13)19-12(20)8-15(2,14(19)21)11-6-4-3-5-7-11/h3-7,9-10H,8H2,1-2H3,(H,16,17,18). The molecule has 6 heteroatoms. The summed E-state index contributed by atoms with van der Waals surface area (Å²) >= 11 is 0. The number of rotatable bonds is 3. The minimum Gasteiger partial charge on any atom is -0.274 e. The molecule has 0 spiro atoms. The lowest BCUT2D eigenvalue weighted by atomic mass is 9.81. The van der Waals surface area contributed by atoms with Gasteiger partial charge in [0.05, 0.1) is 11.5 Å². The number of benzene rings is 1. The second kappa shape index (κ2) is 4.80. The third-order valence-corrected chi connectivity index (χ3v) is 4.09. The molecular formula is C15H16N4O2. The molecule has 2 unspecified atom stereocenters. The van der Waals surface area contributed by atoms with Crippen LogP contribution in [0.3, 0.4) is 0 Å². The summed E-state index contributed by atoms with van der Waals surface area (Å²) in [6, 6.07) is 8.96. The van der Waals surface area contributed by atoms with Gasteiger partial charge in [-0.3, -0.25) is 19.6 Å². The topological polar surface area (TPSA) is 79.0 Å². The van der Waals surface area contributed by atoms with Gasteiger partial charge in [0.15, 0.2) is 0 Å². The Morgan fingerprint density at radius 2 is 2.00 bits per heavy atom. The fourth-order valence-corrected chi connectivity index (χ4v) is 2.80. The van der Waals surface area contributed by atoms with Crippen molar-refractivity contribution >= 4 is 11.8 Å². The number of imide groups is 1. The van der Waals surface area contributed by atoms with Crippen molar-refractivity contribution in [3.8, 4) is 0 Å². The Morgan fingerprint density at radius 1 is 1.29 bits per heavy atom. The van der Waals surface area contributed by atoms with Crippen LogP contribution in [0.2, 0.25) is 0 Å². The predicted octanol–water partition coefficient (Wildman–Crippen LogP) is 1.58. The molecule has 1 aromatic carbocycles. The lowest BCUT2D eigenvalue weighted by molar-refractivity contribution is -0.142. The quantitative estimate of drug-likeness (QED) is 0.868. The van der Waals surface area contributed by atoms with Crippen LogP contribution in [0, 0.1) is 0 Å². The maximum atomic E-state index is 12.8. The van der Waals surface area contributed by atoms with Gasteiger partial charge in [0.2, 0.25) is 11.8 Å². The average Bonchev–Trinajstić information content (AvgIpc) is 3.08. The third-order valence-electron chi connectivity index (χ3n) is 4.09. The molecule has 2 atom stereocenters.